The van der Waals surface area contributed by atoms with Gasteiger partial charge >= 0.3 is 0 Å². The molecule has 25 heavy (non-hydrogen) atoms. The zero-order valence-electron chi connectivity index (χ0n) is 13.7. The summed E-state index contributed by atoms with van der Waals surface area (Å²) in [6.07, 6.45) is 2.81. The highest BCUT2D eigenvalue weighted by Crippen LogP contribution is 2.16. The topological polar surface area (TPSA) is 54.0 Å². The van der Waals surface area contributed by atoms with Crippen molar-refractivity contribution in [3.8, 4) is 0 Å². The normalized spacial score (nSPS) is 16.0. The molecule has 1 aromatic carbocycles. The summed E-state index contributed by atoms with van der Waals surface area (Å²) >= 11 is 1.46. The van der Waals surface area contributed by atoms with E-state index in [2.05, 4.69) is 15.6 Å². The Bertz CT molecular complexity index is 660. The van der Waals surface area contributed by atoms with Gasteiger partial charge in [0.2, 0.25) is 0 Å². The van der Waals surface area contributed by atoms with Gasteiger partial charge in [0.05, 0.1) is 5.01 Å². The van der Waals surface area contributed by atoms with E-state index in [4.69, 9.17) is 0 Å². The molecule has 0 spiro atoms. The molecule has 8 heteroatoms. The number of thiazole rings is 1. The van der Waals surface area contributed by atoms with Crippen LogP contribution in [0.15, 0.2) is 29.6 Å². The summed E-state index contributed by atoms with van der Waals surface area (Å²) in [7, 11) is 0. The smallest absolute Gasteiger partial charge is 0.270 e. The van der Waals surface area contributed by atoms with Crippen molar-refractivity contribution in [2.24, 2.45) is 5.92 Å². The molecule has 4 nitrogen and oxygen atoms in total. The van der Waals surface area contributed by atoms with Crippen LogP contribution < -0.4 is 10.6 Å². The highest BCUT2D eigenvalue weighted by atomic mass is 35.5. The summed E-state index contributed by atoms with van der Waals surface area (Å²) in [6.45, 7) is 2.82. The van der Waals surface area contributed by atoms with Crippen LogP contribution in [-0.4, -0.2) is 30.5 Å². The van der Waals surface area contributed by atoms with E-state index in [1.165, 1.54) is 29.9 Å². The molecule has 1 fully saturated rings. The lowest BCUT2D eigenvalue weighted by Gasteiger charge is -2.08. The van der Waals surface area contributed by atoms with Crippen LogP contribution in [0.25, 0.3) is 0 Å². The molecule has 1 aliphatic rings. The molecular formula is C17H22Cl2FN3OS. The number of nitrogens with one attached hydrogen (secondary N) is 2. The number of carbonyl (C=O) groups is 1. The third kappa shape index (κ3) is 6.55. The van der Waals surface area contributed by atoms with Crippen molar-refractivity contribution in [2.75, 3.05) is 19.6 Å². The van der Waals surface area contributed by atoms with E-state index in [-0.39, 0.29) is 36.5 Å². The van der Waals surface area contributed by atoms with E-state index in [1.54, 1.807) is 17.5 Å². The van der Waals surface area contributed by atoms with Crippen LogP contribution in [0.2, 0.25) is 0 Å². The molecule has 0 radical (unpaired) electrons. The number of carbonyl (C=O) groups excluding carboxylic acids is 1. The molecule has 3 rings (SSSR count). The number of aromatic nitrogens is 1. The third-order valence-corrected chi connectivity index (χ3v) is 4.90. The van der Waals surface area contributed by atoms with Crippen molar-refractivity contribution in [1.82, 2.24) is 15.6 Å². The molecule has 138 valence electrons. The Labute approximate surface area is 163 Å². The zero-order chi connectivity index (χ0) is 16.1. The highest BCUT2D eigenvalue weighted by molar-refractivity contribution is 7.09. The Hall–Kier alpha value is -1.21. The minimum Gasteiger partial charge on any atom is -0.351 e. The van der Waals surface area contributed by atoms with Crippen LogP contribution in [0.5, 0.6) is 0 Å². The molecule has 1 unspecified atom stereocenters. The molecule has 1 atom stereocenters. The highest BCUT2D eigenvalue weighted by Gasteiger charge is 2.15. The molecule has 0 bridgehead atoms. The SMILES string of the molecule is Cl.Cl.O=C(NCCC1CCNC1)c1csc(Cc2ccc(F)cc2)n1. The number of halogens is 3. The van der Waals surface area contributed by atoms with Gasteiger partial charge in [0.15, 0.2) is 0 Å². The Morgan fingerprint density at radius 3 is 2.76 bits per heavy atom. The Kier molecular flexibility index (Phi) is 9.35. The van der Waals surface area contributed by atoms with Crippen molar-refractivity contribution in [3.63, 3.8) is 0 Å². The Balaban J connectivity index is 0.00000156. The molecule has 2 N–H and O–H groups in total. The first-order chi connectivity index (χ1) is 11.2. The molecule has 2 heterocycles. The largest absolute Gasteiger partial charge is 0.351 e. The number of benzene rings is 1. The van der Waals surface area contributed by atoms with Crippen molar-refractivity contribution >= 4 is 42.1 Å². The second-order valence-corrected chi connectivity index (χ2v) is 6.78. The number of hydrogen-bond donors (Lipinski definition) is 2. The van der Waals surface area contributed by atoms with Gasteiger partial charge < -0.3 is 10.6 Å². The summed E-state index contributed by atoms with van der Waals surface area (Å²) < 4.78 is 12.9. The Morgan fingerprint density at radius 1 is 1.32 bits per heavy atom. The molecule has 0 saturated carbocycles. The maximum atomic E-state index is 12.9. The minimum absolute atomic E-state index is 0. The van der Waals surface area contributed by atoms with Gasteiger partial charge in [-0.25, -0.2) is 9.37 Å². The summed E-state index contributed by atoms with van der Waals surface area (Å²) in [5, 5.41) is 8.91. The number of amides is 1. The molecule has 1 amide bonds. The van der Waals surface area contributed by atoms with Crippen LogP contribution in [0, 0.1) is 11.7 Å². The molecule has 0 aliphatic carbocycles. The molecular weight excluding hydrogens is 384 g/mol. The minimum atomic E-state index is -0.245. The van der Waals surface area contributed by atoms with Gasteiger partial charge in [0, 0.05) is 18.3 Å². The van der Waals surface area contributed by atoms with Crippen LogP contribution in [-0.2, 0) is 6.42 Å². The fraction of sp³-hybridized carbons (Fsp3) is 0.412. The molecule has 1 saturated heterocycles. The van der Waals surface area contributed by atoms with Crippen molar-refractivity contribution in [1.29, 1.82) is 0 Å². The average molecular weight is 406 g/mol. The standard InChI is InChI=1S/C17H20FN3OS.2ClH/c18-14-3-1-12(2-4-14)9-16-21-15(11-23-16)17(22)20-8-6-13-5-7-19-10-13;;/h1-4,11,13,19H,5-10H2,(H,20,22);2*1H. The van der Waals surface area contributed by atoms with Gasteiger partial charge in [-0.3, -0.25) is 4.79 Å². The van der Waals surface area contributed by atoms with Crippen molar-refractivity contribution in [2.45, 2.75) is 19.3 Å². The number of rotatable bonds is 6. The molecule has 1 aliphatic heterocycles. The first-order valence-corrected chi connectivity index (χ1v) is 8.76. The summed E-state index contributed by atoms with van der Waals surface area (Å²) in [5.74, 6) is 0.308. The fourth-order valence-electron chi connectivity index (χ4n) is 2.71. The lowest BCUT2D eigenvalue weighted by molar-refractivity contribution is 0.0947. The van der Waals surface area contributed by atoms with Gasteiger partial charge in [0.1, 0.15) is 11.5 Å². The number of nitrogens with zero attached hydrogens (tertiary/aromatic N) is 1. The van der Waals surface area contributed by atoms with Gasteiger partial charge in [0.25, 0.3) is 5.91 Å². The summed E-state index contributed by atoms with van der Waals surface area (Å²) in [6, 6.07) is 6.36. The second-order valence-electron chi connectivity index (χ2n) is 5.83. The lowest BCUT2D eigenvalue weighted by Crippen LogP contribution is -2.26. The first-order valence-electron chi connectivity index (χ1n) is 7.88. The van der Waals surface area contributed by atoms with Crippen LogP contribution in [0.4, 0.5) is 4.39 Å². The van der Waals surface area contributed by atoms with Crippen LogP contribution >= 0.6 is 36.2 Å². The van der Waals surface area contributed by atoms with E-state index in [1.807, 2.05) is 0 Å². The summed E-state index contributed by atoms with van der Waals surface area (Å²) in [4.78, 5) is 16.5. The molecule has 1 aromatic heterocycles. The Morgan fingerprint density at radius 2 is 2.08 bits per heavy atom. The van der Waals surface area contributed by atoms with Crippen molar-refractivity contribution in [3.05, 3.63) is 51.7 Å². The summed E-state index contributed by atoms with van der Waals surface area (Å²) in [5.41, 5.74) is 1.46. The van der Waals surface area contributed by atoms with Crippen molar-refractivity contribution < 1.29 is 9.18 Å². The fourth-order valence-corrected chi connectivity index (χ4v) is 3.52. The zero-order valence-corrected chi connectivity index (χ0v) is 16.1. The lowest BCUT2D eigenvalue weighted by atomic mass is 10.1. The van der Waals surface area contributed by atoms with Gasteiger partial charge in [-0.2, -0.15) is 0 Å². The van der Waals surface area contributed by atoms with Gasteiger partial charge in [-0.15, -0.1) is 36.2 Å². The van der Waals surface area contributed by atoms with Gasteiger partial charge in [-0.1, -0.05) is 12.1 Å². The van der Waals surface area contributed by atoms with E-state index in [0.29, 0.717) is 24.6 Å². The molecule has 2 aromatic rings. The van der Waals surface area contributed by atoms with Crippen LogP contribution in [0.1, 0.15) is 33.9 Å². The first kappa shape index (κ1) is 21.8. The van der Waals surface area contributed by atoms with Gasteiger partial charge in [-0.05, 0) is 49.5 Å². The predicted molar refractivity (Wildman–Crippen MR) is 104 cm³/mol. The monoisotopic (exact) mass is 405 g/mol. The van der Waals surface area contributed by atoms with E-state index in [9.17, 15) is 9.18 Å². The second kappa shape index (κ2) is 10.7. The van der Waals surface area contributed by atoms with E-state index >= 15 is 0 Å². The van der Waals surface area contributed by atoms with E-state index < -0.39 is 0 Å². The maximum absolute atomic E-state index is 12.9. The quantitative estimate of drug-likeness (QED) is 0.773. The maximum Gasteiger partial charge on any atom is 0.270 e. The van der Waals surface area contributed by atoms with Crippen LogP contribution in [0.3, 0.4) is 0 Å². The number of hydrogen-bond acceptors (Lipinski definition) is 4. The average Bonchev–Trinajstić information content (AvgIpc) is 3.21. The third-order valence-electron chi connectivity index (χ3n) is 4.05. The predicted octanol–water partition coefficient (Wildman–Crippen LogP) is 3.45. The van der Waals surface area contributed by atoms with E-state index in [0.717, 1.165) is 30.1 Å².